The van der Waals surface area contributed by atoms with Crippen molar-refractivity contribution in [1.82, 2.24) is 0 Å². The quantitative estimate of drug-likeness (QED) is 0.764. The Morgan fingerprint density at radius 3 is 2.58 bits per heavy atom. The summed E-state index contributed by atoms with van der Waals surface area (Å²) >= 11 is 0. The summed E-state index contributed by atoms with van der Waals surface area (Å²) in [5.41, 5.74) is 0.109. The van der Waals surface area contributed by atoms with Crippen LogP contribution in [0.15, 0.2) is 30.3 Å². The molecule has 19 heavy (non-hydrogen) atoms. The number of hydrogen-bond acceptors (Lipinski definition) is 3. The van der Waals surface area contributed by atoms with E-state index in [1.165, 1.54) is 0 Å². The van der Waals surface area contributed by atoms with Crippen LogP contribution in [0.2, 0.25) is 0 Å². The first-order valence-corrected chi connectivity index (χ1v) is 6.73. The molecule has 2 atom stereocenters. The molecule has 3 heteroatoms. The van der Waals surface area contributed by atoms with E-state index in [4.69, 9.17) is 4.74 Å². The van der Waals surface area contributed by atoms with E-state index < -0.39 is 5.60 Å². The molecule has 1 aromatic carbocycles. The van der Waals surface area contributed by atoms with Gasteiger partial charge in [-0.2, -0.15) is 0 Å². The standard InChI is InChI=1S/C16H20O3/c1-12(17)11-16(19-2)10-6-9-14(16)15(18)13-7-4-3-5-8-13/h3-5,7-8,14H,6,9-11H2,1-2H3. The van der Waals surface area contributed by atoms with Gasteiger partial charge in [-0.15, -0.1) is 0 Å². The van der Waals surface area contributed by atoms with Gasteiger partial charge in [0.2, 0.25) is 0 Å². The van der Waals surface area contributed by atoms with Gasteiger partial charge in [0.05, 0.1) is 11.5 Å². The molecule has 0 radical (unpaired) electrons. The summed E-state index contributed by atoms with van der Waals surface area (Å²) in [4.78, 5) is 24.1. The monoisotopic (exact) mass is 260 g/mol. The fourth-order valence-electron chi connectivity index (χ4n) is 3.17. The number of benzene rings is 1. The highest BCUT2D eigenvalue weighted by Crippen LogP contribution is 2.42. The zero-order chi connectivity index (χ0) is 13.9. The van der Waals surface area contributed by atoms with E-state index in [2.05, 4.69) is 0 Å². The minimum atomic E-state index is -0.598. The maximum absolute atomic E-state index is 12.6. The molecule has 2 rings (SSSR count). The lowest BCUT2D eigenvalue weighted by molar-refractivity contribution is -0.124. The highest BCUT2D eigenvalue weighted by atomic mass is 16.5. The van der Waals surface area contributed by atoms with Crippen LogP contribution in [0.1, 0.15) is 43.0 Å². The topological polar surface area (TPSA) is 43.4 Å². The van der Waals surface area contributed by atoms with E-state index in [1.54, 1.807) is 14.0 Å². The van der Waals surface area contributed by atoms with Crippen molar-refractivity contribution < 1.29 is 14.3 Å². The van der Waals surface area contributed by atoms with Crippen LogP contribution in [0.25, 0.3) is 0 Å². The van der Waals surface area contributed by atoms with Crippen molar-refractivity contribution in [3.63, 3.8) is 0 Å². The van der Waals surface area contributed by atoms with Crippen LogP contribution >= 0.6 is 0 Å². The summed E-state index contributed by atoms with van der Waals surface area (Å²) in [5.74, 6) is -0.0281. The Labute approximate surface area is 114 Å². The molecule has 0 aliphatic heterocycles. The van der Waals surface area contributed by atoms with Gasteiger partial charge < -0.3 is 4.74 Å². The fraction of sp³-hybridized carbons (Fsp3) is 0.500. The van der Waals surface area contributed by atoms with E-state index in [0.717, 1.165) is 19.3 Å². The summed E-state index contributed by atoms with van der Waals surface area (Å²) in [6, 6.07) is 9.28. The van der Waals surface area contributed by atoms with Gasteiger partial charge in [0.15, 0.2) is 5.78 Å². The zero-order valence-corrected chi connectivity index (χ0v) is 11.5. The lowest BCUT2D eigenvalue weighted by atomic mass is 9.81. The van der Waals surface area contributed by atoms with Crippen molar-refractivity contribution in [2.75, 3.05) is 7.11 Å². The Balaban J connectivity index is 2.27. The van der Waals surface area contributed by atoms with Gasteiger partial charge in [-0.1, -0.05) is 30.3 Å². The molecule has 1 aliphatic carbocycles. The third-order valence-corrected chi connectivity index (χ3v) is 4.06. The minimum Gasteiger partial charge on any atom is -0.377 e. The van der Waals surface area contributed by atoms with Crippen LogP contribution in [0, 0.1) is 5.92 Å². The first-order valence-electron chi connectivity index (χ1n) is 6.73. The normalized spacial score (nSPS) is 26.3. The minimum absolute atomic E-state index is 0.0783. The van der Waals surface area contributed by atoms with Crippen molar-refractivity contribution in [2.24, 2.45) is 5.92 Å². The highest BCUT2D eigenvalue weighted by molar-refractivity contribution is 5.99. The van der Waals surface area contributed by atoms with Crippen molar-refractivity contribution in [1.29, 1.82) is 0 Å². The van der Waals surface area contributed by atoms with Crippen molar-refractivity contribution >= 4 is 11.6 Å². The molecule has 1 aromatic rings. The van der Waals surface area contributed by atoms with Crippen molar-refractivity contribution in [3.8, 4) is 0 Å². The zero-order valence-electron chi connectivity index (χ0n) is 11.5. The Kier molecular flexibility index (Phi) is 4.15. The predicted octanol–water partition coefficient (Wildman–Crippen LogP) is 3.03. The third kappa shape index (κ3) is 2.76. The largest absolute Gasteiger partial charge is 0.377 e. The number of rotatable bonds is 5. The Morgan fingerprint density at radius 1 is 1.32 bits per heavy atom. The summed E-state index contributed by atoms with van der Waals surface area (Å²) in [6.07, 6.45) is 2.85. The molecule has 102 valence electrons. The summed E-state index contributed by atoms with van der Waals surface area (Å²) in [6.45, 7) is 1.56. The molecule has 1 saturated carbocycles. The van der Waals surface area contributed by atoms with E-state index in [0.29, 0.717) is 12.0 Å². The second-order valence-electron chi connectivity index (χ2n) is 5.32. The SMILES string of the molecule is COC1(CC(C)=O)CCCC1C(=O)c1ccccc1. The lowest BCUT2D eigenvalue weighted by Gasteiger charge is -2.32. The maximum Gasteiger partial charge on any atom is 0.168 e. The van der Waals surface area contributed by atoms with Gasteiger partial charge >= 0.3 is 0 Å². The molecule has 1 fully saturated rings. The average molecular weight is 260 g/mol. The first kappa shape index (κ1) is 13.9. The number of carbonyl (C=O) groups excluding carboxylic acids is 2. The highest BCUT2D eigenvalue weighted by Gasteiger charge is 2.47. The summed E-state index contributed by atoms with van der Waals surface area (Å²) in [5, 5.41) is 0. The molecule has 3 nitrogen and oxygen atoms in total. The predicted molar refractivity (Wildman–Crippen MR) is 73.2 cm³/mol. The molecule has 2 unspecified atom stereocenters. The van der Waals surface area contributed by atoms with Gasteiger partial charge in [0.1, 0.15) is 5.78 Å². The second-order valence-corrected chi connectivity index (χ2v) is 5.32. The molecule has 0 bridgehead atoms. The van der Waals surface area contributed by atoms with Crippen LogP contribution in [0.5, 0.6) is 0 Å². The number of methoxy groups -OCH3 is 1. The Bertz CT molecular complexity index is 466. The van der Waals surface area contributed by atoms with Crippen LogP contribution in [0.3, 0.4) is 0 Å². The molecule has 0 spiro atoms. The molecular weight excluding hydrogens is 240 g/mol. The van der Waals surface area contributed by atoms with Gasteiger partial charge in [-0.25, -0.2) is 0 Å². The van der Waals surface area contributed by atoms with Gasteiger partial charge in [-0.05, 0) is 26.2 Å². The van der Waals surface area contributed by atoms with Crippen LogP contribution in [-0.2, 0) is 9.53 Å². The summed E-state index contributed by atoms with van der Waals surface area (Å²) in [7, 11) is 1.61. The maximum atomic E-state index is 12.6. The lowest BCUT2D eigenvalue weighted by Crippen LogP contribution is -2.41. The number of ether oxygens (including phenoxy) is 1. The molecule has 0 amide bonds. The fourth-order valence-corrected chi connectivity index (χ4v) is 3.17. The number of hydrogen-bond donors (Lipinski definition) is 0. The second kappa shape index (κ2) is 5.66. The van der Waals surface area contributed by atoms with E-state index >= 15 is 0 Å². The van der Waals surface area contributed by atoms with Crippen LogP contribution < -0.4 is 0 Å². The van der Waals surface area contributed by atoms with Crippen LogP contribution in [0.4, 0.5) is 0 Å². The van der Waals surface area contributed by atoms with E-state index in [-0.39, 0.29) is 17.5 Å². The van der Waals surface area contributed by atoms with Crippen LogP contribution in [-0.4, -0.2) is 24.3 Å². The van der Waals surface area contributed by atoms with Gasteiger partial charge in [0, 0.05) is 19.1 Å². The summed E-state index contributed by atoms with van der Waals surface area (Å²) < 4.78 is 5.62. The molecule has 0 N–H and O–H groups in total. The third-order valence-electron chi connectivity index (χ3n) is 4.06. The van der Waals surface area contributed by atoms with Crippen molar-refractivity contribution in [3.05, 3.63) is 35.9 Å². The van der Waals surface area contributed by atoms with E-state index in [1.807, 2.05) is 30.3 Å². The van der Waals surface area contributed by atoms with Crippen molar-refractivity contribution in [2.45, 2.75) is 38.2 Å². The molecule has 0 heterocycles. The Morgan fingerprint density at radius 2 is 2.00 bits per heavy atom. The number of carbonyl (C=O) groups is 2. The molecule has 0 aromatic heterocycles. The first-order chi connectivity index (χ1) is 9.09. The molecular formula is C16H20O3. The average Bonchev–Trinajstić information content (AvgIpc) is 2.82. The number of ketones is 2. The van der Waals surface area contributed by atoms with Gasteiger partial charge in [-0.3, -0.25) is 9.59 Å². The molecule has 0 saturated heterocycles. The smallest absolute Gasteiger partial charge is 0.168 e. The van der Waals surface area contributed by atoms with E-state index in [9.17, 15) is 9.59 Å². The molecule has 1 aliphatic rings. The Hall–Kier alpha value is -1.48. The number of Topliss-reactive ketones (excluding diaryl/α,β-unsaturated/α-hetero) is 2. The van der Waals surface area contributed by atoms with Gasteiger partial charge in [0.25, 0.3) is 0 Å².